The second kappa shape index (κ2) is 16.4. The largest absolute Gasteiger partial charge is 0.345 e. The van der Waals surface area contributed by atoms with E-state index < -0.39 is 6.17 Å². The Labute approximate surface area is 325 Å². The van der Waals surface area contributed by atoms with Crippen molar-refractivity contribution < 1.29 is 0 Å². The Bertz CT molecular complexity index is 2530. The van der Waals surface area contributed by atoms with Crippen LogP contribution in [0.25, 0.3) is 56.7 Å². The quantitative estimate of drug-likeness (QED) is 0.102. The SMILES string of the molecule is C=Cc1ccccc1-c1ccc(/C(C)=N/C(NC(=N)c2ccc(C)c(-c3c(C=C)cccc3-c3ccc(-c4ccccc4)cc3)c2)c2ccccc2)cc1C. The van der Waals surface area contributed by atoms with Gasteiger partial charge in [0.1, 0.15) is 12.0 Å². The van der Waals surface area contributed by atoms with E-state index in [4.69, 9.17) is 4.99 Å². The van der Waals surface area contributed by atoms with Gasteiger partial charge in [-0.3, -0.25) is 10.4 Å². The summed E-state index contributed by atoms with van der Waals surface area (Å²) in [4.78, 5) is 5.20. The second-order valence-corrected chi connectivity index (χ2v) is 13.8. The van der Waals surface area contributed by atoms with Gasteiger partial charge in [0.25, 0.3) is 0 Å². The maximum Gasteiger partial charge on any atom is 0.146 e. The molecule has 0 aromatic heterocycles. The highest BCUT2D eigenvalue weighted by atomic mass is 15.1. The molecular formula is C52H45N3. The summed E-state index contributed by atoms with van der Waals surface area (Å²) in [6.07, 6.45) is 3.35. The molecule has 1 unspecified atom stereocenters. The molecule has 0 radical (unpaired) electrons. The van der Waals surface area contributed by atoms with Gasteiger partial charge in [0.15, 0.2) is 0 Å². The van der Waals surface area contributed by atoms with E-state index in [0.717, 1.165) is 72.5 Å². The van der Waals surface area contributed by atoms with E-state index in [0.29, 0.717) is 5.84 Å². The average molecular weight is 712 g/mol. The molecule has 0 saturated heterocycles. The molecule has 0 aliphatic heterocycles. The fraction of sp³-hybridized carbons (Fsp3) is 0.0769. The van der Waals surface area contributed by atoms with Crippen LogP contribution in [-0.4, -0.2) is 11.5 Å². The summed E-state index contributed by atoms with van der Waals surface area (Å²) in [7, 11) is 0. The highest BCUT2D eigenvalue weighted by Crippen LogP contribution is 2.39. The second-order valence-electron chi connectivity index (χ2n) is 13.8. The molecule has 0 fully saturated rings. The number of nitrogens with one attached hydrogen (secondary N) is 2. The summed E-state index contributed by atoms with van der Waals surface area (Å²) in [6.45, 7) is 14.5. The first-order valence-electron chi connectivity index (χ1n) is 18.6. The summed E-state index contributed by atoms with van der Waals surface area (Å²) in [6, 6.07) is 56.7. The third-order valence-corrected chi connectivity index (χ3v) is 10.2. The Hall–Kier alpha value is -6.84. The number of nitrogens with zero attached hydrogens (tertiary/aromatic N) is 1. The smallest absolute Gasteiger partial charge is 0.146 e. The van der Waals surface area contributed by atoms with Gasteiger partial charge in [0, 0.05) is 11.3 Å². The molecule has 0 heterocycles. The normalized spacial score (nSPS) is 11.8. The lowest BCUT2D eigenvalue weighted by Crippen LogP contribution is -2.28. The van der Waals surface area contributed by atoms with E-state index in [1.807, 2.05) is 55.5 Å². The third-order valence-electron chi connectivity index (χ3n) is 10.2. The predicted octanol–water partition coefficient (Wildman–Crippen LogP) is 13.4. The molecule has 1 atom stereocenters. The van der Waals surface area contributed by atoms with Crippen molar-refractivity contribution in [2.45, 2.75) is 26.9 Å². The van der Waals surface area contributed by atoms with Crippen LogP contribution >= 0.6 is 0 Å². The Morgan fingerprint density at radius 2 is 1.15 bits per heavy atom. The van der Waals surface area contributed by atoms with E-state index in [-0.39, 0.29) is 0 Å². The minimum absolute atomic E-state index is 0.295. The lowest BCUT2D eigenvalue weighted by atomic mass is 9.87. The minimum Gasteiger partial charge on any atom is -0.345 e. The van der Waals surface area contributed by atoms with Crippen LogP contribution < -0.4 is 5.32 Å². The topological polar surface area (TPSA) is 48.2 Å². The molecule has 7 rings (SSSR count). The van der Waals surface area contributed by atoms with Crippen LogP contribution in [0, 0.1) is 19.3 Å². The number of aryl methyl sites for hydroxylation is 2. The number of hydrogen-bond acceptors (Lipinski definition) is 2. The van der Waals surface area contributed by atoms with Gasteiger partial charge in [-0.05, 0) is 111 Å². The number of rotatable bonds is 11. The highest BCUT2D eigenvalue weighted by Gasteiger charge is 2.18. The number of aliphatic imine (C=N–C) groups is 1. The molecule has 0 bridgehead atoms. The first-order valence-corrected chi connectivity index (χ1v) is 18.6. The maximum absolute atomic E-state index is 9.40. The Balaban J connectivity index is 1.21. The van der Waals surface area contributed by atoms with Gasteiger partial charge in [-0.25, -0.2) is 0 Å². The van der Waals surface area contributed by atoms with Crippen LogP contribution in [0.15, 0.2) is 182 Å². The van der Waals surface area contributed by atoms with Crippen molar-refractivity contribution in [1.82, 2.24) is 5.32 Å². The molecule has 3 heteroatoms. The molecule has 268 valence electrons. The Kier molecular flexibility index (Phi) is 10.9. The van der Waals surface area contributed by atoms with Gasteiger partial charge in [0.05, 0.1) is 0 Å². The summed E-state index contributed by atoms with van der Waals surface area (Å²) >= 11 is 0. The monoisotopic (exact) mass is 711 g/mol. The van der Waals surface area contributed by atoms with Crippen LogP contribution in [0.2, 0.25) is 0 Å². The summed E-state index contributed by atoms with van der Waals surface area (Å²) in [5, 5.41) is 12.9. The highest BCUT2D eigenvalue weighted by molar-refractivity contribution is 6.02. The fourth-order valence-corrected chi connectivity index (χ4v) is 7.23. The van der Waals surface area contributed by atoms with Gasteiger partial charge < -0.3 is 5.32 Å². The van der Waals surface area contributed by atoms with E-state index in [1.165, 1.54) is 16.7 Å². The van der Waals surface area contributed by atoms with Crippen molar-refractivity contribution in [3.63, 3.8) is 0 Å². The molecule has 0 aliphatic carbocycles. The lowest BCUT2D eigenvalue weighted by molar-refractivity contribution is 0.682. The molecule has 55 heavy (non-hydrogen) atoms. The third kappa shape index (κ3) is 7.93. The summed E-state index contributed by atoms with van der Waals surface area (Å²) in [5.41, 5.74) is 17.2. The van der Waals surface area contributed by atoms with Crippen LogP contribution in [0.5, 0.6) is 0 Å². The van der Waals surface area contributed by atoms with Crippen molar-refractivity contribution >= 4 is 23.7 Å². The molecule has 0 saturated carbocycles. The Morgan fingerprint density at radius 3 is 1.85 bits per heavy atom. The van der Waals surface area contributed by atoms with E-state index in [2.05, 4.69) is 160 Å². The Morgan fingerprint density at radius 1 is 0.545 bits per heavy atom. The van der Waals surface area contributed by atoms with E-state index >= 15 is 0 Å². The molecule has 0 aliphatic rings. The zero-order valence-electron chi connectivity index (χ0n) is 31.7. The van der Waals surface area contributed by atoms with E-state index in [9.17, 15) is 5.41 Å². The van der Waals surface area contributed by atoms with Crippen molar-refractivity contribution in [2.75, 3.05) is 0 Å². The number of amidine groups is 1. The molecule has 0 spiro atoms. The summed E-state index contributed by atoms with van der Waals surface area (Å²) < 4.78 is 0. The van der Waals surface area contributed by atoms with Gasteiger partial charge in [-0.2, -0.15) is 0 Å². The fourth-order valence-electron chi connectivity index (χ4n) is 7.23. The predicted molar refractivity (Wildman–Crippen MR) is 236 cm³/mol. The van der Waals surface area contributed by atoms with Gasteiger partial charge in [-0.1, -0.05) is 177 Å². The molecule has 2 N–H and O–H groups in total. The lowest BCUT2D eigenvalue weighted by Gasteiger charge is -2.21. The maximum atomic E-state index is 9.40. The zero-order valence-corrected chi connectivity index (χ0v) is 31.7. The van der Waals surface area contributed by atoms with E-state index in [1.54, 1.807) is 0 Å². The van der Waals surface area contributed by atoms with Crippen LogP contribution in [0.3, 0.4) is 0 Å². The molecular weight excluding hydrogens is 667 g/mol. The molecule has 7 aromatic rings. The minimum atomic E-state index is -0.473. The van der Waals surface area contributed by atoms with Crippen LogP contribution in [-0.2, 0) is 0 Å². The zero-order chi connectivity index (χ0) is 38.3. The van der Waals surface area contributed by atoms with Crippen molar-refractivity contribution in [3.05, 3.63) is 216 Å². The molecule has 7 aromatic carbocycles. The number of hydrogen-bond donors (Lipinski definition) is 2. The number of benzene rings is 7. The average Bonchev–Trinajstić information content (AvgIpc) is 3.24. The molecule has 0 amide bonds. The van der Waals surface area contributed by atoms with Crippen molar-refractivity contribution in [1.29, 1.82) is 5.41 Å². The molecule has 3 nitrogen and oxygen atoms in total. The van der Waals surface area contributed by atoms with Gasteiger partial charge in [0.2, 0.25) is 0 Å². The van der Waals surface area contributed by atoms with Crippen molar-refractivity contribution in [2.24, 2.45) is 4.99 Å². The standard InChI is InChI=1S/C52H45N3/c1-6-38-17-14-15-23-47(38)46-32-31-44(33-36(46)4)37(5)54-52(43-20-12-9-13-21-43)55-51(53)45-26-25-35(3)49(34-45)50-39(7-2)22-16-24-48(50)42-29-27-41(28-30-42)40-18-10-8-11-19-40/h6-34,52H,1-2H2,3-5H3,(H2,53,55)/b54-37+. The van der Waals surface area contributed by atoms with Crippen LogP contribution in [0.4, 0.5) is 0 Å². The first kappa shape index (κ1) is 36.5. The first-order chi connectivity index (χ1) is 26.8. The van der Waals surface area contributed by atoms with Crippen molar-refractivity contribution in [3.8, 4) is 44.5 Å². The van der Waals surface area contributed by atoms with Gasteiger partial charge in [-0.15, -0.1) is 0 Å². The van der Waals surface area contributed by atoms with Crippen LogP contribution in [0.1, 0.15) is 52.0 Å². The summed E-state index contributed by atoms with van der Waals surface area (Å²) in [5.74, 6) is 0.295. The van der Waals surface area contributed by atoms with Gasteiger partial charge >= 0.3 is 0 Å².